The molecular formula is C14H18N4O. The Hall–Kier alpha value is -2.17. The molecule has 1 heterocycles. The van der Waals surface area contributed by atoms with Gasteiger partial charge in [0, 0.05) is 6.54 Å². The zero-order valence-corrected chi connectivity index (χ0v) is 11.5. The van der Waals surface area contributed by atoms with Gasteiger partial charge < -0.3 is 10.1 Å². The summed E-state index contributed by atoms with van der Waals surface area (Å²) in [6.45, 7) is 7.10. The van der Waals surface area contributed by atoms with Crippen molar-refractivity contribution in [3.8, 4) is 5.75 Å². The standard InChI is InChI=1S/C14H18N4O/c1-4-19-13-7-5-6-12(8-13)9-15-14-16-10(2)11(3)17-18-14/h5-8H,4,9H2,1-3H3,(H,15,16,18). The summed E-state index contributed by atoms with van der Waals surface area (Å²) in [5.41, 5.74) is 2.86. The number of hydrogen-bond donors (Lipinski definition) is 1. The maximum atomic E-state index is 5.46. The lowest BCUT2D eigenvalue weighted by atomic mass is 10.2. The monoisotopic (exact) mass is 258 g/mol. The van der Waals surface area contributed by atoms with Crippen LogP contribution in [0.4, 0.5) is 5.95 Å². The Labute approximate surface area is 113 Å². The minimum absolute atomic E-state index is 0.546. The molecule has 0 spiro atoms. The van der Waals surface area contributed by atoms with Gasteiger partial charge in [-0.25, -0.2) is 4.98 Å². The van der Waals surface area contributed by atoms with Crippen LogP contribution in [0.2, 0.25) is 0 Å². The van der Waals surface area contributed by atoms with Crippen molar-refractivity contribution in [2.24, 2.45) is 0 Å². The van der Waals surface area contributed by atoms with Gasteiger partial charge >= 0.3 is 0 Å². The minimum Gasteiger partial charge on any atom is -0.494 e. The lowest BCUT2D eigenvalue weighted by Gasteiger charge is -2.08. The number of nitrogens with zero attached hydrogens (tertiary/aromatic N) is 3. The van der Waals surface area contributed by atoms with E-state index in [0.717, 1.165) is 22.7 Å². The predicted octanol–water partition coefficient (Wildman–Crippen LogP) is 2.50. The first-order chi connectivity index (χ1) is 9.19. The van der Waals surface area contributed by atoms with Crippen molar-refractivity contribution in [1.29, 1.82) is 0 Å². The van der Waals surface area contributed by atoms with E-state index in [-0.39, 0.29) is 0 Å². The van der Waals surface area contributed by atoms with Crippen LogP contribution in [-0.2, 0) is 6.54 Å². The SMILES string of the molecule is CCOc1cccc(CNc2nnc(C)c(C)n2)c1. The lowest BCUT2D eigenvalue weighted by Crippen LogP contribution is -2.07. The van der Waals surface area contributed by atoms with Crippen LogP contribution < -0.4 is 10.1 Å². The topological polar surface area (TPSA) is 59.9 Å². The molecule has 1 aromatic heterocycles. The Balaban J connectivity index is 2.01. The first kappa shape index (κ1) is 13.3. The Morgan fingerprint density at radius 3 is 2.74 bits per heavy atom. The normalized spacial score (nSPS) is 10.3. The number of aryl methyl sites for hydroxylation is 2. The van der Waals surface area contributed by atoms with E-state index in [1.807, 2.05) is 45.0 Å². The molecule has 0 saturated carbocycles. The average Bonchev–Trinajstić information content (AvgIpc) is 2.41. The van der Waals surface area contributed by atoms with E-state index in [0.29, 0.717) is 19.1 Å². The van der Waals surface area contributed by atoms with Gasteiger partial charge in [-0.15, -0.1) is 5.10 Å². The van der Waals surface area contributed by atoms with Crippen LogP contribution in [0.25, 0.3) is 0 Å². The Morgan fingerprint density at radius 2 is 2.00 bits per heavy atom. The molecule has 5 heteroatoms. The largest absolute Gasteiger partial charge is 0.494 e. The Bertz CT molecular complexity index is 557. The van der Waals surface area contributed by atoms with Gasteiger partial charge in [0.05, 0.1) is 18.0 Å². The van der Waals surface area contributed by atoms with Gasteiger partial charge in [0.1, 0.15) is 5.75 Å². The molecule has 1 N–H and O–H groups in total. The first-order valence-corrected chi connectivity index (χ1v) is 6.32. The maximum Gasteiger partial charge on any atom is 0.243 e. The number of rotatable bonds is 5. The Kier molecular flexibility index (Phi) is 4.28. The summed E-state index contributed by atoms with van der Waals surface area (Å²) in [6.07, 6.45) is 0. The summed E-state index contributed by atoms with van der Waals surface area (Å²) in [4.78, 5) is 4.33. The smallest absolute Gasteiger partial charge is 0.243 e. The van der Waals surface area contributed by atoms with Crippen molar-refractivity contribution in [3.63, 3.8) is 0 Å². The van der Waals surface area contributed by atoms with Gasteiger partial charge in [0.2, 0.25) is 5.95 Å². The van der Waals surface area contributed by atoms with Crippen molar-refractivity contribution in [3.05, 3.63) is 41.2 Å². The van der Waals surface area contributed by atoms with Crippen molar-refractivity contribution >= 4 is 5.95 Å². The Morgan fingerprint density at radius 1 is 1.16 bits per heavy atom. The fraction of sp³-hybridized carbons (Fsp3) is 0.357. The summed E-state index contributed by atoms with van der Waals surface area (Å²) < 4.78 is 5.46. The second-order valence-electron chi connectivity index (χ2n) is 4.24. The van der Waals surface area contributed by atoms with Crippen LogP contribution in [-0.4, -0.2) is 21.8 Å². The zero-order valence-electron chi connectivity index (χ0n) is 11.5. The summed E-state index contributed by atoms with van der Waals surface area (Å²) >= 11 is 0. The molecule has 1 aromatic carbocycles. The van der Waals surface area contributed by atoms with Gasteiger partial charge in [-0.2, -0.15) is 5.10 Å². The van der Waals surface area contributed by atoms with E-state index in [1.165, 1.54) is 0 Å². The summed E-state index contributed by atoms with van der Waals surface area (Å²) in [7, 11) is 0. The summed E-state index contributed by atoms with van der Waals surface area (Å²) in [5.74, 6) is 1.42. The third-order valence-electron chi connectivity index (χ3n) is 2.75. The molecule has 0 aliphatic heterocycles. The van der Waals surface area contributed by atoms with Crippen LogP contribution in [0.5, 0.6) is 5.75 Å². The van der Waals surface area contributed by atoms with Gasteiger partial charge in [-0.1, -0.05) is 12.1 Å². The van der Waals surface area contributed by atoms with E-state index < -0.39 is 0 Å². The molecule has 100 valence electrons. The molecule has 2 aromatic rings. The summed E-state index contributed by atoms with van der Waals surface area (Å²) in [6, 6.07) is 7.96. The van der Waals surface area contributed by atoms with Gasteiger partial charge in [-0.3, -0.25) is 0 Å². The highest BCUT2D eigenvalue weighted by Crippen LogP contribution is 2.14. The van der Waals surface area contributed by atoms with Crippen LogP contribution in [0, 0.1) is 13.8 Å². The summed E-state index contributed by atoms with van der Waals surface area (Å²) in [5, 5.41) is 11.2. The first-order valence-electron chi connectivity index (χ1n) is 6.32. The van der Waals surface area contributed by atoms with E-state index in [1.54, 1.807) is 0 Å². The van der Waals surface area contributed by atoms with E-state index >= 15 is 0 Å². The predicted molar refractivity (Wildman–Crippen MR) is 74.2 cm³/mol. The quantitative estimate of drug-likeness (QED) is 0.892. The third-order valence-corrected chi connectivity index (χ3v) is 2.75. The molecule has 2 rings (SSSR count). The van der Waals surface area contributed by atoms with Crippen LogP contribution in [0.15, 0.2) is 24.3 Å². The molecule has 0 unspecified atom stereocenters. The number of hydrogen-bond acceptors (Lipinski definition) is 5. The highest BCUT2D eigenvalue weighted by Gasteiger charge is 2.02. The van der Waals surface area contributed by atoms with E-state index in [9.17, 15) is 0 Å². The molecule has 5 nitrogen and oxygen atoms in total. The molecule has 0 fully saturated rings. The molecule has 0 saturated heterocycles. The molecular weight excluding hydrogens is 240 g/mol. The van der Waals surface area contributed by atoms with E-state index in [4.69, 9.17) is 4.74 Å². The third kappa shape index (κ3) is 3.64. The highest BCUT2D eigenvalue weighted by molar-refractivity contribution is 5.32. The molecule has 0 aliphatic rings. The fourth-order valence-electron chi connectivity index (χ4n) is 1.62. The molecule has 0 radical (unpaired) electrons. The maximum absolute atomic E-state index is 5.46. The molecule has 0 amide bonds. The zero-order chi connectivity index (χ0) is 13.7. The van der Waals surface area contributed by atoms with Crippen molar-refractivity contribution < 1.29 is 4.74 Å². The van der Waals surface area contributed by atoms with Crippen molar-refractivity contribution in [1.82, 2.24) is 15.2 Å². The number of benzene rings is 1. The van der Waals surface area contributed by atoms with Crippen LogP contribution in [0.3, 0.4) is 0 Å². The number of ether oxygens (including phenoxy) is 1. The van der Waals surface area contributed by atoms with Gasteiger partial charge in [-0.05, 0) is 38.5 Å². The second kappa shape index (κ2) is 6.13. The van der Waals surface area contributed by atoms with E-state index in [2.05, 4.69) is 20.5 Å². The van der Waals surface area contributed by atoms with Gasteiger partial charge in [0.25, 0.3) is 0 Å². The minimum atomic E-state index is 0.546. The number of anilines is 1. The number of aromatic nitrogens is 3. The lowest BCUT2D eigenvalue weighted by molar-refractivity contribution is 0.340. The molecule has 0 bridgehead atoms. The number of nitrogens with one attached hydrogen (secondary N) is 1. The van der Waals surface area contributed by atoms with Crippen molar-refractivity contribution in [2.45, 2.75) is 27.3 Å². The molecule has 0 atom stereocenters. The van der Waals surface area contributed by atoms with Crippen molar-refractivity contribution in [2.75, 3.05) is 11.9 Å². The van der Waals surface area contributed by atoms with Crippen LogP contribution in [0.1, 0.15) is 23.9 Å². The second-order valence-corrected chi connectivity index (χ2v) is 4.24. The van der Waals surface area contributed by atoms with Crippen LogP contribution >= 0.6 is 0 Å². The molecule has 19 heavy (non-hydrogen) atoms. The fourth-order valence-corrected chi connectivity index (χ4v) is 1.62. The highest BCUT2D eigenvalue weighted by atomic mass is 16.5. The molecule has 0 aliphatic carbocycles. The average molecular weight is 258 g/mol. The van der Waals surface area contributed by atoms with Gasteiger partial charge in [0.15, 0.2) is 0 Å².